The molecule has 7 heteroatoms. The van der Waals surface area contributed by atoms with Crippen molar-refractivity contribution in [1.82, 2.24) is 4.98 Å². The van der Waals surface area contributed by atoms with E-state index in [9.17, 15) is 13.2 Å². The van der Waals surface area contributed by atoms with E-state index in [-0.39, 0.29) is 10.8 Å². The molecule has 1 aromatic carbocycles. The Balaban J connectivity index is 2.09. The van der Waals surface area contributed by atoms with Gasteiger partial charge in [0.1, 0.15) is 5.82 Å². The van der Waals surface area contributed by atoms with Crippen molar-refractivity contribution in [3.05, 3.63) is 53.2 Å². The van der Waals surface area contributed by atoms with Crippen LogP contribution in [0, 0.1) is 13.8 Å². The van der Waals surface area contributed by atoms with Gasteiger partial charge < -0.3 is 10.6 Å². The molecule has 0 atom stereocenters. The smallest absolute Gasteiger partial charge is 0.332 e. The van der Waals surface area contributed by atoms with Crippen molar-refractivity contribution in [3.63, 3.8) is 0 Å². The fourth-order valence-corrected chi connectivity index (χ4v) is 2.18. The number of aryl methyl sites for hydroxylation is 2. The first-order valence-corrected chi connectivity index (χ1v) is 6.85. The molecular weight excluding hydrogens is 311 g/mol. The molecule has 22 heavy (non-hydrogen) atoms. The van der Waals surface area contributed by atoms with E-state index in [0.29, 0.717) is 5.82 Å². The van der Waals surface area contributed by atoms with E-state index in [1.54, 1.807) is 6.07 Å². The Kier molecular flexibility index (Phi) is 4.65. The fourth-order valence-electron chi connectivity index (χ4n) is 1.96. The number of halogens is 3. The molecular formula is C15H14F3N3S. The van der Waals surface area contributed by atoms with E-state index in [0.717, 1.165) is 23.4 Å². The molecule has 116 valence electrons. The Morgan fingerprint density at radius 3 is 2.45 bits per heavy atom. The molecule has 2 aromatic rings. The topological polar surface area (TPSA) is 37.0 Å². The van der Waals surface area contributed by atoms with Crippen molar-refractivity contribution in [2.45, 2.75) is 20.0 Å². The molecule has 0 radical (unpaired) electrons. The SMILES string of the molecule is Cc1cc(C)nc(NC(=S)Nc2cccc(C(F)(F)F)c2)c1. The maximum Gasteiger partial charge on any atom is 0.416 e. The largest absolute Gasteiger partial charge is 0.416 e. The molecule has 0 aliphatic carbocycles. The molecule has 3 nitrogen and oxygen atoms in total. The zero-order valence-corrected chi connectivity index (χ0v) is 12.8. The highest BCUT2D eigenvalue weighted by Gasteiger charge is 2.30. The Morgan fingerprint density at radius 1 is 1.09 bits per heavy atom. The van der Waals surface area contributed by atoms with Gasteiger partial charge in [-0.1, -0.05) is 6.07 Å². The van der Waals surface area contributed by atoms with E-state index >= 15 is 0 Å². The van der Waals surface area contributed by atoms with Gasteiger partial charge in [-0.3, -0.25) is 0 Å². The molecule has 0 saturated carbocycles. The number of alkyl halides is 3. The summed E-state index contributed by atoms with van der Waals surface area (Å²) in [5.74, 6) is 0.543. The first-order chi connectivity index (χ1) is 10.2. The van der Waals surface area contributed by atoms with Crippen LogP contribution in [-0.4, -0.2) is 10.1 Å². The quantitative estimate of drug-likeness (QED) is 0.796. The molecule has 2 rings (SSSR count). The van der Waals surface area contributed by atoms with Gasteiger partial charge in [0, 0.05) is 11.4 Å². The van der Waals surface area contributed by atoms with Gasteiger partial charge in [-0.15, -0.1) is 0 Å². The molecule has 0 bridgehead atoms. The summed E-state index contributed by atoms with van der Waals surface area (Å²) in [7, 11) is 0. The molecule has 1 heterocycles. The number of benzene rings is 1. The van der Waals surface area contributed by atoms with Crippen molar-refractivity contribution in [3.8, 4) is 0 Å². The monoisotopic (exact) mass is 325 g/mol. The lowest BCUT2D eigenvalue weighted by molar-refractivity contribution is -0.137. The molecule has 1 aromatic heterocycles. The fraction of sp³-hybridized carbons (Fsp3) is 0.200. The predicted molar refractivity (Wildman–Crippen MR) is 85.0 cm³/mol. The highest BCUT2D eigenvalue weighted by Crippen LogP contribution is 2.30. The number of hydrogen-bond donors (Lipinski definition) is 2. The zero-order valence-electron chi connectivity index (χ0n) is 12.0. The Labute approximate surface area is 131 Å². The minimum absolute atomic E-state index is 0.178. The summed E-state index contributed by atoms with van der Waals surface area (Å²) in [5.41, 5.74) is 1.36. The van der Waals surface area contributed by atoms with Gasteiger partial charge in [0.05, 0.1) is 5.56 Å². The molecule has 0 aliphatic rings. The normalized spacial score (nSPS) is 11.1. The number of rotatable bonds is 2. The lowest BCUT2D eigenvalue weighted by Gasteiger charge is -2.13. The average molecular weight is 325 g/mol. The van der Waals surface area contributed by atoms with E-state index in [1.807, 2.05) is 19.9 Å². The van der Waals surface area contributed by atoms with Crippen LogP contribution in [0.25, 0.3) is 0 Å². The van der Waals surface area contributed by atoms with Crippen molar-refractivity contribution in [1.29, 1.82) is 0 Å². The Hall–Kier alpha value is -2.15. The maximum atomic E-state index is 12.7. The molecule has 0 unspecified atom stereocenters. The summed E-state index contributed by atoms with van der Waals surface area (Å²) in [6.45, 7) is 3.77. The minimum Gasteiger partial charge on any atom is -0.332 e. The Bertz CT molecular complexity index is 678. The number of hydrogen-bond acceptors (Lipinski definition) is 2. The zero-order chi connectivity index (χ0) is 16.3. The van der Waals surface area contributed by atoms with E-state index in [2.05, 4.69) is 15.6 Å². The summed E-state index contributed by atoms with van der Waals surface area (Å²) in [6, 6.07) is 8.55. The van der Waals surface area contributed by atoms with Gasteiger partial charge in [-0.25, -0.2) is 4.98 Å². The lowest BCUT2D eigenvalue weighted by atomic mass is 10.2. The van der Waals surface area contributed by atoms with E-state index < -0.39 is 11.7 Å². The highest BCUT2D eigenvalue weighted by atomic mass is 32.1. The van der Waals surface area contributed by atoms with Crippen molar-refractivity contribution in [2.75, 3.05) is 10.6 Å². The summed E-state index contributed by atoms with van der Waals surface area (Å²) in [6.07, 6.45) is -4.39. The maximum absolute atomic E-state index is 12.7. The number of pyridine rings is 1. The highest BCUT2D eigenvalue weighted by molar-refractivity contribution is 7.80. The van der Waals surface area contributed by atoms with Crippen LogP contribution in [0.2, 0.25) is 0 Å². The van der Waals surface area contributed by atoms with Crippen LogP contribution in [0.5, 0.6) is 0 Å². The van der Waals surface area contributed by atoms with Gasteiger partial charge in [0.2, 0.25) is 0 Å². The lowest BCUT2D eigenvalue weighted by Crippen LogP contribution is -2.20. The third kappa shape index (κ3) is 4.42. The van der Waals surface area contributed by atoms with Crippen LogP contribution in [-0.2, 0) is 6.18 Å². The van der Waals surface area contributed by atoms with Gasteiger partial charge >= 0.3 is 6.18 Å². The van der Waals surface area contributed by atoms with Crippen LogP contribution in [0.15, 0.2) is 36.4 Å². The van der Waals surface area contributed by atoms with Gasteiger partial charge in [-0.05, 0) is 62.0 Å². The number of thiocarbonyl (C=S) groups is 1. The standard InChI is InChI=1S/C15H14F3N3S/c1-9-6-10(2)19-13(7-9)21-14(22)20-12-5-3-4-11(8-12)15(16,17)18/h3-8H,1-2H3,(H2,19,20,21,22). The van der Waals surface area contributed by atoms with Crippen molar-refractivity contribution >= 4 is 28.8 Å². The average Bonchev–Trinajstić information content (AvgIpc) is 2.36. The van der Waals surface area contributed by atoms with Crippen molar-refractivity contribution < 1.29 is 13.2 Å². The van der Waals surface area contributed by atoms with Crippen molar-refractivity contribution in [2.24, 2.45) is 0 Å². The van der Waals surface area contributed by atoms with Crippen LogP contribution < -0.4 is 10.6 Å². The van der Waals surface area contributed by atoms with Gasteiger partial charge in [0.15, 0.2) is 5.11 Å². The van der Waals surface area contributed by atoms with Crippen LogP contribution in [0.1, 0.15) is 16.8 Å². The molecule has 2 N–H and O–H groups in total. The van der Waals surface area contributed by atoms with Crippen LogP contribution in [0.4, 0.5) is 24.7 Å². The summed E-state index contributed by atoms with van der Waals surface area (Å²) >= 11 is 5.10. The molecule has 0 aliphatic heterocycles. The van der Waals surface area contributed by atoms with E-state index in [4.69, 9.17) is 12.2 Å². The van der Waals surface area contributed by atoms with Gasteiger partial charge in [-0.2, -0.15) is 13.2 Å². The third-order valence-corrected chi connectivity index (χ3v) is 2.99. The molecule has 0 fully saturated rings. The molecule has 0 amide bonds. The summed E-state index contributed by atoms with van der Waals surface area (Å²) < 4.78 is 38.0. The summed E-state index contributed by atoms with van der Waals surface area (Å²) in [5, 5.41) is 5.76. The first kappa shape index (κ1) is 16.2. The minimum atomic E-state index is -4.39. The Morgan fingerprint density at radius 2 is 1.82 bits per heavy atom. The van der Waals surface area contributed by atoms with Crippen LogP contribution >= 0.6 is 12.2 Å². The predicted octanol–water partition coefficient (Wildman–Crippen LogP) is 4.53. The number of aromatic nitrogens is 1. The second kappa shape index (κ2) is 6.31. The molecule has 0 spiro atoms. The second-order valence-corrected chi connectivity index (χ2v) is 5.24. The second-order valence-electron chi connectivity index (χ2n) is 4.83. The number of nitrogens with zero attached hydrogens (tertiary/aromatic N) is 1. The first-order valence-electron chi connectivity index (χ1n) is 6.44. The van der Waals surface area contributed by atoms with E-state index in [1.165, 1.54) is 12.1 Å². The molecule has 0 saturated heterocycles. The van der Waals surface area contributed by atoms with Gasteiger partial charge in [0.25, 0.3) is 0 Å². The number of anilines is 2. The summed E-state index contributed by atoms with van der Waals surface area (Å²) in [4.78, 5) is 4.25. The van der Waals surface area contributed by atoms with Crippen LogP contribution in [0.3, 0.4) is 0 Å². The number of nitrogens with one attached hydrogen (secondary N) is 2. The third-order valence-electron chi connectivity index (χ3n) is 2.79.